The van der Waals surface area contributed by atoms with Gasteiger partial charge in [-0.2, -0.15) is 0 Å². The number of rotatable bonds is 6. The van der Waals surface area contributed by atoms with Gasteiger partial charge in [-0.05, 0) is 70.7 Å². The summed E-state index contributed by atoms with van der Waals surface area (Å²) in [5.74, 6) is 0.395. The van der Waals surface area contributed by atoms with Gasteiger partial charge in [0.05, 0.1) is 0 Å². The first kappa shape index (κ1) is 18.7. The Morgan fingerprint density at radius 3 is 2.36 bits per heavy atom. The molecule has 4 rings (SSSR count). The average molecular weight is 367 g/mol. The monoisotopic (exact) mass is 366 g/mol. The molecule has 0 saturated carbocycles. The van der Waals surface area contributed by atoms with Gasteiger partial charge in [0.1, 0.15) is 0 Å². The molecule has 0 bridgehead atoms. The van der Waals surface area contributed by atoms with Crippen LogP contribution < -0.4 is 0 Å². The lowest BCUT2D eigenvalue weighted by Gasteiger charge is -2.25. The first-order valence-corrected chi connectivity index (χ1v) is 10.7. The topological polar surface area (TPSA) is 0 Å². The van der Waals surface area contributed by atoms with Crippen LogP contribution in [0.4, 0.5) is 0 Å². The summed E-state index contributed by atoms with van der Waals surface area (Å²) in [6.07, 6.45) is 16.1. The fraction of sp³-hybridized carbons (Fsp3) is 0.286. The zero-order valence-electron chi connectivity index (χ0n) is 17.3. The molecule has 28 heavy (non-hydrogen) atoms. The largest absolute Gasteiger partial charge is 0.0726 e. The van der Waals surface area contributed by atoms with E-state index in [0.717, 1.165) is 12.8 Å². The third-order valence-electron chi connectivity index (χ3n) is 6.10. The second-order valence-corrected chi connectivity index (χ2v) is 8.04. The van der Waals surface area contributed by atoms with Crippen molar-refractivity contribution in [1.29, 1.82) is 0 Å². The number of aryl methyl sites for hydroxylation is 3. The first-order chi connectivity index (χ1) is 13.7. The summed E-state index contributed by atoms with van der Waals surface area (Å²) in [6, 6.07) is 16.1. The van der Waals surface area contributed by atoms with Crippen molar-refractivity contribution in [2.24, 2.45) is 5.92 Å². The van der Waals surface area contributed by atoms with Crippen LogP contribution in [0.25, 0.3) is 5.57 Å². The van der Waals surface area contributed by atoms with Crippen LogP contribution in [-0.2, 0) is 19.3 Å². The lowest BCUT2D eigenvalue weighted by atomic mass is 9.79. The fourth-order valence-electron chi connectivity index (χ4n) is 4.45. The lowest BCUT2D eigenvalue weighted by molar-refractivity contribution is 0.919. The molecule has 0 radical (unpaired) electrons. The highest BCUT2D eigenvalue weighted by atomic mass is 14.3. The molecule has 2 aliphatic rings. The first-order valence-electron chi connectivity index (χ1n) is 10.7. The average Bonchev–Trinajstić information content (AvgIpc) is 3.21. The summed E-state index contributed by atoms with van der Waals surface area (Å²) in [7, 11) is 0. The Balaban J connectivity index is 1.62. The maximum absolute atomic E-state index is 2.39. The van der Waals surface area contributed by atoms with Gasteiger partial charge in [-0.15, -0.1) is 0 Å². The Hall–Kier alpha value is -2.60. The molecule has 0 aliphatic heterocycles. The van der Waals surface area contributed by atoms with Crippen LogP contribution in [-0.4, -0.2) is 0 Å². The minimum absolute atomic E-state index is 0.395. The highest BCUT2D eigenvalue weighted by Gasteiger charge is 2.26. The van der Waals surface area contributed by atoms with Crippen molar-refractivity contribution >= 4 is 5.57 Å². The molecule has 0 nitrogen and oxygen atoms in total. The van der Waals surface area contributed by atoms with Gasteiger partial charge in [-0.3, -0.25) is 0 Å². The van der Waals surface area contributed by atoms with Crippen molar-refractivity contribution in [3.63, 3.8) is 0 Å². The molecule has 0 fully saturated rings. The van der Waals surface area contributed by atoms with E-state index in [0.29, 0.717) is 5.92 Å². The van der Waals surface area contributed by atoms with Crippen LogP contribution in [0, 0.1) is 12.8 Å². The minimum Gasteiger partial charge on any atom is -0.0726 e. The van der Waals surface area contributed by atoms with Gasteiger partial charge in [-0.1, -0.05) is 93.1 Å². The Morgan fingerprint density at radius 2 is 1.61 bits per heavy atom. The summed E-state index contributed by atoms with van der Waals surface area (Å²) in [4.78, 5) is 0. The number of fused-ring (bicyclic) bond motifs is 1. The summed E-state index contributed by atoms with van der Waals surface area (Å²) in [5.41, 5.74) is 11.4. The van der Waals surface area contributed by atoms with E-state index in [-0.39, 0.29) is 0 Å². The highest BCUT2D eigenvalue weighted by molar-refractivity contribution is 5.79. The third kappa shape index (κ3) is 3.69. The molecule has 1 atom stereocenters. The van der Waals surface area contributed by atoms with E-state index in [4.69, 9.17) is 0 Å². The molecule has 2 aromatic rings. The van der Waals surface area contributed by atoms with Gasteiger partial charge in [0, 0.05) is 5.92 Å². The van der Waals surface area contributed by atoms with E-state index in [1.54, 1.807) is 0 Å². The number of hydrogen-bond donors (Lipinski definition) is 0. The standard InChI is InChI=1S/C28H30/c1-4-7-21-11-13-22(14-12-21)18-24-16-17-27(28-9-6-8-26(24)28)25-15-10-20(3)23(5-2)19-25/h6,8-17,19,28H,4-5,7,18H2,1-3H3. The molecule has 0 amide bonds. The van der Waals surface area contributed by atoms with Gasteiger partial charge in [0.15, 0.2) is 0 Å². The van der Waals surface area contributed by atoms with Crippen molar-refractivity contribution in [3.8, 4) is 0 Å². The maximum atomic E-state index is 2.39. The predicted molar refractivity (Wildman–Crippen MR) is 121 cm³/mol. The van der Waals surface area contributed by atoms with Crippen molar-refractivity contribution in [1.82, 2.24) is 0 Å². The third-order valence-corrected chi connectivity index (χ3v) is 6.10. The Kier molecular flexibility index (Phi) is 5.48. The fourth-order valence-corrected chi connectivity index (χ4v) is 4.45. The van der Waals surface area contributed by atoms with E-state index in [2.05, 4.69) is 93.6 Å². The number of benzene rings is 2. The molecule has 1 unspecified atom stereocenters. The molecule has 0 heterocycles. The van der Waals surface area contributed by atoms with Gasteiger partial charge in [-0.25, -0.2) is 0 Å². The molecule has 0 aromatic heterocycles. The van der Waals surface area contributed by atoms with Crippen LogP contribution in [0.15, 0.2) is 84.0 Å². The smallest absolute Gasteiger partial charge is 0.0281 e. The van der Waals surface area contributed by atoms with Gasteiger partial charge in [0.25, 0.3) is 0 Å². The highest BCUT2D eigenvalue weighted by Crippen LogP contribution is 2.41. The summed E-state index contributed by atoms with van der Waals surface area (Å²) < 4.78 is 0. The minimum atomic E-state index is 0.395. The molecular formula is C28H30. The zero-order chi connectivity index (χ0) is 19.5. The van der Waals surface area contributed by atoms with Crippen LogP contribution in [0.1, 0.15) is 48.1 Å². The Labute approximate surface area is 170 Å². The molecular weight excluding hydrogens is 336 g/mol. The Bertz CT molecular complexity index is 977. The van der Waals surface area contributed by atoms with Crippen molar-refractivity contribution in [3.05, 3.63) is 112 Å². The normalized spacial score (nSPS) is 17.8. The van der Waals surface area contributed by atoms with Crippen molar-refractivity contribution in [2.75, 3.05) is 0 Å². The lowest BCUT2D eigenvalue weighted by Crippen LogP contribution is -2.10. The molecule has 0 spiro atoms. The SMILES string of the molecule is CCCc1ccc(CC2=CC=C(c3ccc(C)c(CC)c3)C3C=CC=C23)cc1. The van der Waals surface area contributed by atoms with E-state index in [1.165, 1.54) is 57.4 Å². The maximum Gasteiger partial charge on any atom is 0.0281 e. The van der Waals surface area contributed by atoms with E-state index < -0.39 is 0 Å². The van der Waals surface area contributed by atoms with Crippen molar-refractivity contribution in [2.45, 2.75) is 46.5 Å². The molecule has 0 saturated heterocycles. The zero-order valence-corrected chi connectivity index (χ0v) is 17.3. The number of hydrogen-bond acceptors (Lipinski definition) is 0. The molecule has 2 aromatic carbocycles. The Morgan fingerprint density at radius 1 is 0.821 bits per heavy atom. The van der Waals surface area contributed by atoms with Gasteiger partial charge < -0.3 is 0 Å². The van der Waals surface area contributed by atoms with E-state index >= 15 is 0 Å². The predicted octanol–water partition coefficient (Wildman–Crippen LogP) is 7.19. The molecule has 2 aliphatic carbocycles. The second-order valence-electron chi connectivity index (χ2n) is 8.04. The van der Waals surface area contributed by atoms with E-state index in [9.17, 15) is 0 Å². The summed E-state index contributed by atoms with van der Waals surface area (Å²) in [5, 5.41) is 0. The molecule has 142 valence electrons. The van der Waals surface area contributed by atoms with Crippen LogP contribution >= 0.6 is 0 Å². The summed E-state index contributed by atoms with van der Waals surface area (Å²) >= 11 is 0. The summed E-state index contributed by atoms with van der Waals surface area (Å²) in [6.45, 7) is 6.69. The van der Waals surface area contributed by atoms with Crippen LogP contribution in [0.3, 0.4) is 0 Å². The van der Waals surface area contributed by atoms with Gasteiger partial charge in [0.2, 0.25) is 0 Å². The second kappa shape index (κ2) is 8.19. The van der Waals surface area contributed by atoms with Crippen LogP contribution in [0.2, 0.25) is 0 Å². The quantitative estimate of drug-likeness (QED) is 0.507. The van der Waals surface area contributed by atoms with Crippen molar-refractivity contribution < 1.29 is 0 Å². The van der Waals surface area contributed by atoms with E-state index in [1.807, 2.05) is 0 Å². The molecule has 0 N–H and O–H groups in total. The van der Waals surface area contributed by atoms with Gasteiger partial charge >= 0.3 is 0 Å². The number of allylic oxidation sites excluding steroid dienone is 8. The molecule has 0 heteroatoms. The van der Waals surface area contributed by atoms with Crippen LogP contribution in [0.5, 0.6) is 0 Å².